The van der Waals surface area contributed by atoms with E-state index in [1.165, 1.54) is 14.0 Å². The Bertz CT molecular complexity index is 1190. The van der Waals surface area contributed by atoms with Crippen LogP contribution in [0.4, 0.5) is 0 Å². The van der Waals surface area contributed by atoms with Crippen LogP contribution in [0.1, 0.15) is 88.0 Å². The summed E-state index contributed by atoms with van der Waals surface area (Å²) >= 11 is 0. The van der Waals surface area contributed by atoms with Crippen LogP contribution in [0.15, 0.2) is 0 Å². The van der Waals surface area contributed by atoms with Crippen LogP contribution < -0.4 is 0 Å². The SMILES string of the molecule is CCC1OC(=O)C(C)C(OC2CC(C)(OC)C(O)C(C)O2)C(C)C2OC3OC(C)CC(N(C)C)C3OC2(O)CC(C)C(=N)C(C)C(O)C1(C)O. The van der Waals surface area contributed by atoms with Gasteiger partial charge in [0.25, 0.3) is 0 Å². The van der Waals surface area contributed by atoms with Gasteiger partial charge in [0.1, 0.15) is 30.0 Å². The standard InChI is InChI=1S/C36H64N2O12/c1-13-24-35(9,42)29(39)19(4)26(37)17(2)15-36(43)31(49-33-28(50-36)23(38(10)11)14-18(3)45-33)20(5)27(21(6)32(41)47-24)48-25-16-34(8,44-12)30(40)22(7)46-25/h17-25,27-31,33,37,39-40,42-43H,13-16H2,1-12H3. The fourth-order valence-corrected chi connectivity index (χ4v) is 8.52. The summed E-state index contributed by atoms with van der Waals surface area (Å²) in [7, 11) is 5.36. The lowest BCUT2D eigenvalue weighted by molar-refractivity contribution is -0.425. The van der Waals surface area contributed by atoms with Crippen LogP contribution in [0.2, 0.25) is 0 Å². The first-order valence-electron chi connectivity index (χ1n) is 18.2. The second kappa shape index (κ2) is 15.6. The number of likely N-dealkylation sites (N-methyl/N-ethyl adjacent to an activating group) is 1. The highest BCUT2D eigenvalue weighted by Gasteiger charge is 2.59. The third-order valence-corrected chi connectivity index (χ3v) is 11.9. The van der Waals surface area contributed by atoms with Gasteiger partial charge < -0.3 is 63.9 Å². The van der Waals surface area contributed by atoms with Gasteiger partial charge in [-0.15, -0.1) is 0 Å². The fourth-order valence-electron chi connectivity index (χ4n) is 8.52. The smallest absolute Gasteiger partial charge is 0.311 e. The average molecular weight is 717 g/mol. The molecule has 0 radical (unpaired) electrons. The number of nitrogens with one attached hydrogen (secondary N) is 1. The number of carbonyl (C=O) groups excluding carboxylic acids is 1. The summed E-state index contributed by atoms with van der Waals surface area (Å²) in [6.07, 6.45) is -8.12. The minimum absolute atomic E-state index is 0.0856. The molecular formula is C36H64N2O12. The third kappa shape index (κ3) is 7.96. The number of hydrogen-bond donors (Lipinski definition) is 5. The Balaban J connectivity index is 1.83. The highest BCUT2D eigenvalue weighted by Crippen LogP contribution is 2.45. The average Bonchev–Trinajstić information content (AvgIpc) is 3.05. The van der Waals surface area contributed by atoms with Crippen LogP contribution in [0.3, 0.4) is 0 Å². The second-order valence-corrected chi connectivity index (χ2v) is 16.1. The number of cyclic esters (lactones) is 1. The normalized spacial score (nSPS) is 51.3. The van der Waals surface area contributed by atoms with E-state index in [9.17, 15) is 25.2 Å². The molecule has 0 aliphatic carbocycles. The molecule has 290 valence electrons. The number of aliphatic hydroxyl groups is 4. The number of carbonyl (C=O) groups is 1. The molecule has 4 saturated heterocycles. The lowest BCUT2D eigenvalue weighted by atomic mass is 9.75. The minimum Gasteiger partial charge on any atom is -0.459 e. The quantitative estimate of drug-likeness (QED) is 0.261. The van der Waals surface area contributed by atoms with Gasteiger partial charge in [-0.2, -0.15) is 0 Å². The molecule has 50 heavy (non-hydrogen) atoms. The number of rotatable bonds is 5. The number of fused-ring (bicyclic) bond motifs is 2. The highest BCUT2D eigenvalue weighted by molar-refractivity contribution is 5.86. The molecule has 0 aromatic heterocycles. The predicted octanol–water partition coefficient (Wildman–Crippen LogP) is 2.21. The Labute approximate surface area is 297 Å². The first kappa shape index (κ1) is 41.5. The topological polar surface area (TPSA) is 190 Å². The summed E-state index contributed by atoms with van der Waals surface area (Å²) in [5, 5.41) is 55.8. The van der Waals surface area contributed by atoms with Gasteiger partial charge in [-0.25, -0.2) is 0 Å². The molecule has 14 nitrogen and oxygen atoms in total. The molecule has 0 spiro atoms. The van der Waals surface area contributed by atoms with Gasteiger partial charge in [-0.3, -0.25) is 4.79 Å². The maximum atomic E-state index is 14.1. The van der Waals surface area contributed by atoms with Crippen molar-refractivity contribution in [3.63, 3.8) is 0 Å². The number of methoxy groups -OCH3 is 1. The van der Waals surface area contributed by atoms with E-state index in [1.807, 2.05) is 25.9 Å². The molecule has 18 unspecified atom stereocenters. The van der Waals surface area contributed by atoms with E-state index in [2.05, 4.69) is 0 Å². The van der Waals surface area contributed by atoms with E-state index < -0.39 is 102 Å². The van der Waals surface area contributed by atoms with Crippen molar-refractivity contribution in [2.45, 2.75) is 172 Å². The van der Waals surface area contributed by atoms with E-state index in [4.69, 9.17) is 38.6 Å². The molecule has 0 bridgehead atoms. The number of esters is 1. The first-order valence-corrected chi connectivity index (χ1v) is 18.2. The molecular weight excluding hydrogens is 652 g/mol. The number of nitrogens with zero attached hydrogens (tertiary/aromatic N) is 1. The zero-order chi connectivity index (χ0) is 37.7. The lowest BCUT2D eigenvalue weighted by Crippen LogP contribution is -2.69. The van der Waals surface area contributed by atoms with Crippen LogP contribution in [-0.2, 0) is 38.0 Å². The summed E-state index contributed by atoms with van der Waals surface area (Å²) in [6.45, 7) is 15.4. The van der Waals surface area contributed by atoms with Gasteiger partial charge in [0.2, 0.25) is 0 Å². The second-order valence-electron chi connectivity index (χ2n) is 16.1. The van der Waals surface area contributed by atoms with Gasteiger partial charge in [0.15, 0.2) is 18.4 Å². The van der Waals surface area contributed by atoms with E-state index in [0.717, 1.165) is 0 Å². The van der Waals surface area contributed by atoms with Crippen molar-refractivity contribution >= 4 is 11.7 Å². The van der Waals surface area contributed by atoms with Crippen molar-refractivity contribution in [3.8, 4) is 0 Å². The minimum atomic E-state index is -2.00. The Morgan fingerprint density at radius 1 is 0.960 bits per heavy atom. The van der Waals surface area contributed by atoms with E-state index in [1.54, 1.807) is 48.5 Å². The zero-order valence-corrected chi connectivity index (χ0v) is 32.0. The Kier molecular flexibility index (Phi) is 12.9. The molecule has 5 N–H and O–H groups in total. The monoisotopic (exact) mass is 716 g/mol. The molecule has 4 fully saturated rings. The maximum absolute atomic E-state index is 14.1. The van der Waals surface area contributed by atoms with E-state index in [-0.39, 0.29) is 37.1 Å². The molecule has 18 atom stereocenters. The molecule has 0 aromatic carbocycles. The Hall–Kier alpha value is -1.30. The Morgan fingerprint density at radius 3 is 2.18 bits per heavy atom. The highest BCUT2D eigenvalue weighted by atomic mass is 16.8. The summed E-state index contributed by atoms with van der Waals surface area (Å²) in [5.74, 6) is -5.98. The summed E-state index contributed by atoms with van der Waals surface area (Å²) in [6, 6.07) is -0.162. The lowest BCUT2D eigenvalue weighted by Gasteiger charge is -2.55. The summed E-state index contributed by atoms with van der Waals surface area (Å²) in [4.78, 5) is 16.1. The number of hydrogen-bond acceptors (Lipinski definition) is 14. The summed E-state index contributed by atoms with van der Waals surface area (Å²) in [5.41, 5.74) is -2.84. The van der Waals surface area contributed by atoms with Crippen LogP contribution in [0.5, 0.6) is 0 Å². The van der Waals surface area contributed by atoms with Crippen LogP contribution in [0, 0.1) is 29.1 Å². The van der Waals surface area contributed by atoms with Crippen LogP contribution in [0.25, 0.3) is 0 Å². The van der Waals surface area contributed by atoms with Gasteiger partial charge in [-0.05, 0) is 67.5 Å². The van der Waals surface area contributed by atoms with Gasteiger partial charge in [0, 0.05) is 43.5 Å². The molecule has 4 aliphatic heterocycles. The van der Waals surface area contributed by atoms with Crippen molar-refractivity contribution in [2.75, 3.05) is 21.2 Å². The molecule has 4 aliphatic rings. The predicted molar refractivity (Wildman–Crippen MR) is 182 cm³/mol. The summed E-state index contributed by atoms with van der Waals surface area (Å²) < 4.78 is 44.1. The Morgan fingerprint density at radius 2 is 1.60 bits per heavy atom. The zero-order valence-electron chi connectivity index (χ0n) is 32.0. The first-order chi connectivity index (χ1) is 23.1. The molecule has 0 amide bonds. The molecule has 4 heterocycles. The van der Waals surface area contributed by atoms with Gasteiger partial charge in [0.05, 0.1) is 35.9 Å². The fraction of sp³-hybridized carbons (Fsp3) is 0.944. The largest absolute Gasteiger partial charge is 0.459 e. The molecule has 0 aromatic rings. The van der Waals surface area contributed by atoms with Gasteiger partial charge >= 0.3 is 5.97 Å². The van der Waals surface area contributed by atoms with E-state index >= 15 is 0 Å². The maximum Gasteiger partial charge on any atom is 0.311 e. The molecule has 0 saturated carbocycles. The van der Waals surface area contributed by atoms with E-state index in [0.29, 0.717) is 6.42 Å². The third-order valence-electron chi connectivity index (χ3n) is 11.9. The molecule has 14 heteroatoms. The number of ether oxygens (including phenoxy) is 7. The number of aliphatic hydroxyl groups excluding tert-OH is 2. The van der Waals surface area contributed by atoms with Crippen LogP contribution >= 0.6 is 0 Å². The molecule has 4 rings (SSSR count). The van der Waals surface area contributed by atoms with Crippen molar-refractivity contribution in [1.82, 2.24) is 4.90 Å². The van der Waals surface area contributed by atoms with Crippen molar-refractivity contribution < 1.29 is 58.4 Å². The van der Waals surface area contributed by atoms with Gasteiger partial charge in [-0.1, -0.05) is 27.7 Å². The van der Waals surface area contributed by atoms with Crippen LogP contribution in [-0.4, -0.2) is 143 Å². The van der Waals surface area contributed by atoms with Crippen molar-refractivity contribution in [2.24, 2.45) is 23.7 Å². The van der Waals surface area contributed by atoms with Crippen molar-refractivity contribution in [1.29, 1.82) is 5.41 Å². The van der Waals surface area contributed by atoms with Crippen molar-refractivity contribution in [3.05, 3.63) is 0 Å².